The molecule has 0 aliphatic carbocycles. The molecule has 1 aromatic heterocycles. The average molecular weight is 213 g/mol. The van der Waals surface area contributed by atoms with E-state index in [0.717, 1.165) is 25.2 Å². The maximum absolute atomic E-state index is 5.19. The lowest BCUT2D eigenvalue weighted by molar-refractivity contribution is 0.110. The van der Waals surface area contributed by atoms with Gasteiger partial charge in [0.2, 0.25) is 0 Å². The Morgan fingerprint density at radius 1 is 1.47 bits per heavy atom. The van der Waals surface area contributed by atoms with Gasteiger partial charge < -0.3 is 14.0 Å². The molecule has 0 fully saturated rings. The molecule has 86 valence electrons. The first-order valence-corrected chi connectivity index (χ1v) is 5.16. The standard InChI is InChI=1S/C10H19N3O2/c1-9(15-3)4-5-10-12-11-8-13(10)6-7-14-2/h8-9H,4-7H2,1-3H3. The normalized spacial score (nSPS) is 13.0. The minimum atomic E-state index is 0.262. The van der Waals surface area contributed by atoms with Crippen LogP contribution < -0.4 is 0 Å². The van der Waals surface area contributed by atoms with Crippen LogP contribution in [0.1, 0.15) is 19.2 Å². The van der Waals surface area contributed by atoms with Gasteiger partial charge >= 0.3 is 0 Å². The van der Waals surface area contributed by atoms with Gasteiger partial charge in [0, 0.05) is 27.2 Å². The number of methoxy groups -OCH3 is 2. The fourth-order valence-electron chi connectivity index (χ4n) is 1.30. The summed E-state index contributed by atoms with van der Waals surface area (Å²) in [5.41, 5.74) is 0. The van der Waals surface area contributed by atoms with Gasteiger partial charge in [0.15, 0.2) is 0 Å². The molecule has 15 heavy (non-hydrogen) atoms. The highest BCUT2D eigenvalue weighted by Gasteiger charge is 2.06. The minimum Gasteiger partial charge on any atom is -0.383 e. The summed E-state index contributed by atoms with van der Waals surface area (Å²) in [6.45, 7) is 3.54. The number of hydrogen-bond donors (Lipinski definition) is 0. The Morgan fingerprint density at radius 3 is 2.93 bits per heavy atom. The van der Waals surface area contributed by atoms with E-state index in [2.05, 4.69) is 17.1 Å². The third kappa shape index (κ3) is 3.97. The van der Waals surface area contributed by atoms with Gasteiger partial charge in [0.1, 0.15) is 12.2 Å². The van der Waals surface area contributed by atoms with Gasteiger partial charge in [-0.25, -0.2) is 0 Å². The second-order valence-electron chi connectivity index (χ2n) is 3.52. The molecule has 1 atom stereocenters. The second kappa shape index (κ2) is 6.53. The number of ether oxygens (including phenoxy) is 2. The predicted molar refractivity (Wildman–Crippen MR) is 56.7 cm³/mol. The second-order valence-corrected chi connectivity index (χ2v) is 3.52. The number of hydrogen-bond acceptors (Lipinski definition) is 4. The highest BCUT2D eigenvalue weighted by molar-refractivity contribution is 4.86. The fourth-order valence-corrected chi connectivity index (χ4v) is 1.30. The molecule has 0 aromatic carbocycles. The zero-order valence-corrected chi connectivity index (χ0v) is 9.64. The zero-order chi connectivity index (χ0) is 11.1. The lowest BCUT2D eigenvalue weighted by atomic mass is 10.2. The van der Waals surface area contributed by atoms with Gasteiger partial charge in [-0.2, -0.15) is 0 Å². The summed E-state index contributed by atoms with van der Waals surface area (Å²) in [5, 5.41) is 7.97. The Morgan fingerprint density at radius 2 is 2.27 bits per heavy atom. The van der Waals surface area contributed by atoms with Gasteiger partial charge in [0.25, 0.3) is 0 Å². The first kappa shape index (κ1) is 12.1. The molecule has 0 spiro atoms. The van der Waals surface area contributed by atoms with E-state index in [1.165, 1.54) is 0 Å². The Labute approximate surface area is 90.4 Å². The van der Waals surface area contributed by atoms with Crippen molar-refractivity contribution in [1.82, 2.24) is 14.8 Å². The highest BCUT2D eigenvalue weighted by Crippen LogP contribution is 2.04. The molecule has 0 aliphatic rings. The van der Waals surface area contributed by atoms with Crippen LogP contribution in [0.15, 0.2) is 6.33 Å². The van der Waals surface area contributed by atoms with Crippen molar-refractivity contribution < 1.29 is 9.47 Å². The smallest absolute Gasteiger partial charge is 0.132 e. The van der Waals surface area contributed by atoms with Crippen molar-refractivity contribution in [3.8, 4) is 0 Å². The summed E-state index contributed by atoms with van der Waals surface area (Å²) in [7, 11) is 3.41. The van der Waals surface area contributed by atoms with Crippen LogP contribution in [0.25, 0.3) is 0 Å². The van der Waals surface area contributed by atoms with Gasteiger partial charge in [-0.3, -0.25) is 0 Å². The van der Waals surface area contributed by atoms with Crippen molar-refractivity contribution in [2.75, 3.05) is 20.8 Å². The molecule has 5 heteroatoms. The van der Waals surface area contributed by atoms with E-state index in [-0.39, 0.29) is 6.10 Å². The van der Waals surface area contributed by atoms with Crippen molar-refractivity contribution in [3.05, 3.63) is 12.2 Å². The maximum atomic E-state index is 5.19. The Hall–Kier alpha value is -0.940. The summed E-state index contributed by atoms with van der Waals surface area (Å²) in [4.78, 5) is 0. The van der Waals surface area contributed by atoms with Crippen LogP contribution in [-0.4, -0.2) is 41.7 Å². The average Bonchev–Trinajstić information content (AvgIpc) is 2.70. The lowest BCUT2D eigenvalue weighted by Crippen LogP contribution is -2.11. The molecule has 1 rings (SSSR count). The number of rotatable bonds is 7. The van der Waals surface area contributed by atoms with Crippen molar-refractivity contribution in [2.45, 2.75) is 32.4 Å². The molecule has 0 radical (unpaired) electrons. The van der Waals surface area contributed by atoms with Crippen LogP contribution in [-0.2, 0) is 22.4 Å². The SMILES string of the molecule is COCCn1cnnc1CCC(C)OC. The third-order valence-corrected chi connectivity index (χ3v) is 2.41. The van der Waals surface area contributed by atoms with Crippen LogP contribution in [0, 0.1) is 0 Å². The molecule has 5 nitrogen and oxygen atoms in total. The van der Waals surface area contributed by atoms with E-state index in [0.29, 0.717) is 6.61 Å². The fraction of sp³-hybridized carbons (Fsp3) is 0.800. The van der Waals surface area contributed by atoms with Crippen molar-refractivity contribution in [3.63, 3.8) is 0 Å². The van der Waals surface area contributed by atoms with E-state index < -0.39 is 0 Å². The van der Waals surface area contributed by atoms with Crippen LogP contribution >= 0.6 is 0 Å². The molecule has 0 saturated heterocycles. The first-order chi connectivity index (χ1) is 7.27. The van der Waals surface area contributed by atoms with Crippen molar-refractivity contribution in [2.24, 2.45) is 0 Å². The van der Waals surface area contributed by atoms with E-state index >= 15 is 0 Å². The lowest BCUT2D eigenvalue weighted by Gasteiger charge is -2.09. The summed E-state index contributed by atoms with van der Waals surface area (Å²) >= 11 is 0. The van der Waals surface area contributed by atoms with Crippen LogP contribution in [0.4, 0.5) is 0 Å². The Bertz CT molecular complexity index is 275. The van der Waals surface area contributed by atoms with Crippen LogP contribution in [0.2, 0.25) is 0 Å². The molecule has 0 amide bonds. The molecule has 1 aromatic rings. The largest absolute Gasteiger partial charge is 0.383 e. The maximum Gasteiger partial charge on any atom is 0.132 e. The number of nitrogens with zero attached hydrogens (tertiary/aromatic N) is 3. The molecule has 1 unspecified atom stereocenters. The topological polar surface area (TPSA) is 49.2 Å². The van der Waals surface area contributed by atoms with Gasteiger partial charge in [-0.05, 0) is 13.3 Å². The molecule has 0 bridgehead atoms. The van der Waals surface area contributed by atoms with E-state index in [1.54, 1.807) is 20.5 Å². The summed E-state index contributed by atoms with van der Waals surface area (Å²) in [6.07, 6.45) is 3.85. The molecule has 0 N–H and O–H groups in total. The number of aryl methyl sites for hydroxylation is 1. The monoisotopic (exact) mass is 213 g/mol. The first-order valence-electron chi connectivity index (χ1n) is 5.16. The van der Waals surface area contributed by atoms with Crippen LogP contribution in [0.5, 0.6) is 0 Å². The van der Waals surface area contributed by atoms with E-state index in [9.17, 15) is 0 Å². The number of aromatic nitrogens is 3. The Balaban J connectivity index is 2.42. The molecule has 1 heterocycles. The quantitative estimate of drug-likeness (QED) is 0.675. The highest BCUT2D eigenvalue weighted by atomic mass is 16.5. The molecular formula is C10H19N3O2. The third-order valence-electron chi connectivity index (χ3n) is 2.41. The minimum absolute atomic E-state index is 0.262. The van der Waals surface area contributed by atoms with Crippen molar-refractivity contribution >= 4 is 0 Å². The summed E-state index contributed by atoms with van der Waals surface area (Å²) in [5.74, 6) is 0.996. The van der Waals surface area contributed by atoms with E-state index in [4.69, 9.17) is 9.47 Å². The van der Waals surface area contributed by atoms with Gasteiger partial charge in [-0.1, -0.05) is 0 Å². The van der Waals surface area contributed by atoms with Crippen LogP contribution in [0.3, 0.4) is 0 Å². The molecular weight excluding hydrogens is 194 g/mol. The van der Waals surface area contributed by atoms with Gasteiger partial charge in [-0.15, -0.1) is 10.2 Å². The van der Waals surface area contributed by atoms with E-state index in [1.807, 2.05) is 4.57 Å². The molecule has 0 saturated carbocycles. The zero-order valence-electron chi connectivity index (χ0n) is 9.64. The van der Waals surface area contributed by atoms with Crippen molar-refractivity contribution in [1.29, 1.82) is 0 Å². The summed E-state index contributed by atoms with van der Waals surface area (Å²) < 4.78 is 12.2. The molecule has 0 aliphatic heterocycles. The predicted octanol–water partition coefficient (Wildman–Crippen LogP) is 0.892. The van der Waals surface area contributed by atoms with Gasteiger partial charge in [0.05, 0.1) is 12.7 Å². The summed E-state index contributed by atoms with van der Waals surface area (Å²) in [6, 6.07) is 0. The Kier molecular flexibility index (Phi) is 5.28.